The van der Waals surface area contributed by atoms with E-state index in [1.54, 1.807) is 20.0 Å². The van der Waals surface area contributed by atoms with Crippen LogP contribution < -0.4 is 0 Å². The lowest BCUT2D eigenvalue weighted by atomic mass is 10.0. The van der Waals surface area contributed by atoms with Gasteiger partial charge >= 0.3 is 12.1 Å². The van der Waals surface area contributed by atoms with E-state index in [0.29, 0.717) is 6.42 Å². The molecule has 0 saturated carbocycles. The molecule has 0 N–H and O–H groups in total. The van der Waals surface area contributed by atoms with E-state index in [2.05, 4.69) is 6.58 Å². The molecule has 0 bridgehead atoms. The van der Waals surface area contributed by atoms with Crippen molar-refractivity contribution in [2.75, 3.05) is 7.05 Å². The fraction of sp³-hybridized carbons (Fsp3) is 0.375. The SMILES string of the molecule is C=CC[C@@H](OC(=O)c1ccc([N+](=O)[O-])cc1)[C@H]1[C@H](C)OC(=O)N1C. The van der Waals surface area contributed by atoms with Crippen LogP contribution in [0.5, 0.6) is 0 Å². The van der Waals surface area contributed by atoms with Crippen LogP contribution in [0.15, 0.2) is 36.9 Å². The van der Waals surface area contributed by atoms with Gasteiger partial charge in [0, 0.05) is 25.6 Å². The summed E-state index contributed by atoms with van der Waals surface area (Å²) < 4.78 is 10.6. The number of hydrogen-bond acceptors (Lipinski definition) is 6. The molecule has 1 aromatic rings. The van der Waals surface area contributed by atoms with E-state index in [4.69, 9.17) is 9.47 Å². The van der Waals surface area contributed by atoms with Gasteiger partial charge in [-0.25, -0.2) is 9.59 Å². The molecule has 128 valence electrons. The Morgan fingerprint density at radius 1 is 1.50 bits per heavy atom. The van der Waals surface area contributed by atoms with E-state index in [1.807, 2.05) is 0 Å². The number of benzene rings is 1. The summed E-state index contributed by atoms with van der Waals surface area (Å²) in [5.41, 5.74) is 0.0764. The van der Waals surface area contributed by atoms with E-state index in [-0.39, 0.29) is 11.3 Å². The molecule has 0 radical (unpaired) electrons. The molecule has 1 aliphatic rings. The Hall–Kier alpha value is -2.90. The number of likely N-dealkylation sites (N-methyl/N-ethyl adjacent to an activating group) is 1. The molecule has 0 spiro atoms. The number of non-ortho nitro benzene ring substituents is 1. The highest BCUT2D eigenvalue weighted by Crippen LogP contribution is 2.25. The smallest absolute Gasteiger partial charge is 0.410 e. The van der Waals surface area contributed by atoms with Gasteiger partial charge in [0.15, 0.2) is 0 Å². The van der Waals surface area contributed by atoms with Crippen LogP contribution >= 0.6 is 0 Å². The third-order valence-electron chi connectivity index (χ3n) is 3.85. The van der Waals surface area contributed by atoms with Crippen LogP contribution in [-0.2, 0) is 9.47 Å². The molecular weight excluding hydrogens is 316 g/mol. The van der Waals surface area contributed by atoms with Crippen LogP contribution in [0.25, 0.3) is 0 Å². The molecule has 0 unspecified atom stereocenters. The minimum atomic E-state index is -0.628. The van der Waals surface area contributed by atoms with Gasteiger partial charge in [0.1, 0.15) is 18.2 Å². The Balaban J connectivity index is 2.15. The second-order valence-corrected chi connectivity index (χ2v) is 5.46. The molecule has 2 rings (SSSR count). The summed E-state index contributed by atoms with van der Waals surface area (Å²) >= 11 is 0. The topological polar surface area (TPSA) is 99.0 Å². The average molecular weight is 334 g/mol. The normalized spacial score (nSPS) is 21.1. The second kappa shape index (κ2) is 7.12. The summed E-state index contributed by atoms with van der Waals surface area (Å²) in [7, 11) is 1.58. The average Bonchev–Trinajstić information content (AvgIpc) is 2.79. The number of ether oxygens (including phenoxy) is 2. The fourth-order valence-corrected chi connectivity index (χ4v) is 2.65. The zero-order valence-corrected chi connectivity index (χ0v) is 13.4. The fourth-order valence-electron chi connectivity index (χ4n) is 2.65. The highest BCUT2D eigenvalue weighted by molar-refractivity contribution is 5.89. The first kappa shape index (κ1) is 17.5. The van der Waals surface area contributed by atoms with Crippen molar-refractivity contribution in [2.45, 2.75) is 31.6 Å². The summed E-state index contributed by atoms with van der Waals surface area (Å²) in [5.74, 6) is -0.628. The quantitative estimate of drug-likeness (QED) is 0.343. The number of carbonyl (C=O) groups excluding carboxylic acids is 2. The van der Waals surface area contributed by atoms with Crippen molar-refractivity contribution >= 4 is 17.7 Å². The molecule has 1 amide bonds. The van der Waals surface area contributed by atoms with Crippen LogP contribution in [0.1, 0.15) is 23.7 Å². The van der Waals surface area contributed by atoms with Crippen molar-refractivity contribution in [3.8, 4) is 0 Å². The van der Waals surface area contributed by atoms with Crippen molar-refractivity contribution in [1.82, 2.24) is 4.90 Å². The standard InChI is InChI=1S/C16H18N2O6/c1-4-5-13(14-10(2)23-16(20)17(14)3)24-15(19)11-6-8-12(9-7-11)18(21)22/h4,6-10,13-14H,1,5H2,2-3H3/t10-,13+,14+/m0/s1. The Bertz CT molecular complexity index is 657. The minimum absolute atomic E-state index is 0.114. The number of nitro groups is 1. The maximum atomic E-state index is 12.3. The van der Waals surface area contributed by atoms with Gasteiger partial charge in [-0.2, -0.15) is 0 Å². The molecule has 1 saturated heterocycles. The van der Waals surface area contributed by atoms with Crippen LogP contribution in [0.2, 0.25) is 0 Å². The first-order valence-electron chi connectivity index (χ1n) is 7.35. The van der Waals surface area contributed by atoms with Crippen molar-refractivity contribution in [3.05, 3.63) is 52.6 Å². The van der Waals surface area contributed by atoms with Crippen molar-refractivity contribution in [1.29, 1.82) is 0 Å². The van der Waals surface area contributed by atoms with E-state index >= 15 is 0 Å². The summed E-state index contributed by atoms with van der Waals surface area (Å²) in [5, 5.41) is 10.6. The van der Waals surface area contributed by atoms with Gasteiger partial charge in [0.25, 0.3) is 5.69 Å². The lowest BCUT2D eigenvalue weighted by Crippen LogP contribution is -2.44. The summed E-state index contributed by atoms with van der Waals surface area (Å²) in [6, 6.07) is 4.69. The van der Waals surface area contributed by atoms with Gasteiger partial charge in [-0.05, 0) is 19.1 Å². The van der Waals surface area contributed by atoms with Crippen LogP contribution in [0, 0.1) is 10.1 Å². The number of esters is 1. The number of hydrogen-bond donors (Lipinski definition) is 0. The van der Waals surface area contributed by atoms with Gasteiger partial charge in [0.2, 0.25) is 0 Å². The number of cyclic esters (lactones) is 1. The Morgan fingerprint density at radius 3 is 2.58 bits per heavy atom. The van der Waals surface area contributed by atoms with E-state index in [9.17, 15) is 19.7 Å². The molecule has 0 aliphatic carbocycles. The number of nitro benzene ring substituents is 1. The zero-order valence-electron chi connectivity index (χ0n) is 13.4. The van der Waals surface area contributed by atoms with E-state index in [0.717, 1.165) is 0 Å². The number of carbonyl (C=O) groups is 2. The van der Waals surface area contributed by atoms with E-state index in [1.165, 1.54) is 29.2 Å². The number of rotatable bonds is 6. The highest BCUT2D eigenvalue weighted by Gasteiger charge is 2.43. The second-order valence-electron chi connectivity index (χ2n) is 5.46. The lowest BCUT2D eigenvalue weighted by Gasteiger charge is -2.28. The molecule has 0 aromatic heterocycles. The van der Waals surface area contributed by atoms with Gasteiger partial charge in [0.05, 0.1) is 10.5 Å². The molecule has 1 fully saturated rings. The van der Waals surface area contributed by atoms with Crippen LogP contribution in [-0.4, -0.2) is 47.2 Å². The summed E-state index contributed by atoms with van der Waals surface area (Å²) in [6.07, 6.45) is 0.396. The molecule has 1 aromatic carbocycles. The van der Waals surface area contributed by atoms with Crippen molar-refractivity contribution in [3.63, 3.8) is 0 Å². The van der Waals surface area contributed by atoms with E-state index < -0.39 is 35.2 Å². The molecule has 24 heavy (non-hydrogen) atoms. The molecular formula is C16H18N2O6. The molecule has 8 heteroatoms. The third-order valence-corrected chi connectivity index (χ3v) is 3.85. The molecule has 8 nitrogen and oxygen atoms in total. The lowest BCUT2D eigenvalue weighted by molar-refractivity contribution is -0.384. The first-order valence-corrected chi connectivity index (χ1v) is 7.35. The van der Waals surface area contributed by atoms with Crippen LogP contribution in [0.4, 0.5) is 10.5 Å². The van der Waals surface area contributed by atoms with Gasteiger partial charge in [-0.3, -0.25) is 10.1 Å². The van der Waals surface area contributed by atoms with Gasteiger partial charge in [-0.15, -0.1) is 6.58 Å². The largest absolute Gasteiger partial charge is 0.456 e. The van der Waals surface area contributed by atoms with Crippen molar-refractivity contribution in [2.24, 2.45) is 0 Å². The Morgan fingerprint density at radius 2 is 2.12 bits per heavy atom. The first-order chi connectivity index (χ1) is 11.3. The maximum absolute atomic E-state index is 12.3. The van der Waals surface area contributed by atoms with Gasteiger partial charge < -0.3 is 14.4 Å². The monoisotopic (exact) mass is 334 g/mol. The zero-order chi connectivity index (χ0) is 17.9. The number of nitrogens with zero attached hydrogens (tertiary/aromatic N) is 2. The minimum Gasteiger partial charge on any atom is -0.456 e. The van der Waals surface area contributed by atoms with Gasteiger partial charge in [-0.1, -0.05) is 6.08 Å². The predicted octanol–water partition coefficient (Wildman–Crippen LogP) is 2.54. The summed E-state index contributed by atoms with van der Waals surface area (Å²) in [4.78, 5) is 35.4. The van der Waals surface area contributed by atoms with Crippen LogP contribution in [0.3, 0.4) is 0 Å². The van der Waals surface area contributed by atoms with Crippen molar-refractivity contribution < 1.29 is 24.0 Å². The Kier molecular flexibility index (Phi) is 5.18. The Labute approximate surface area is 138 Å². The molecule has 1 aliphatic heterocycles. The molecule has 1 heterocycles. The summed E-state index contributed by atoms with van der Waals surface area (Å²) in [6.45, 7) is 5.37. The predicted molar refractivity (Wildman–Crippen MR) is 84.6 cm³/mol. The highest BCUT2D eigenvalue weighted by atomic mass is 16.6. The third kappa shape index (κ3) is 3.53. The maximum Gasteiger partial charge on any atom is 0.410 e. The molecule has 3 atom stereocenters. The number of amides is 1.